The minimum atomic E-state index is -1.20. The summed E-state index contributed by atoms with van der Waals surface area (Å²) in [5.41, 5.74) is 0. The summed E-state index contributed by atoms with van der Waals surface area (Å²) in [6, 6.07) is 5.78. The van der Waals surface area contributed by atoms with E-state index < -0.39 is 10.8 Å². The van der Waals surface area contributed by atoms with E-state index in [-0.39, 0.29) is 11.6 Å². The molecular weight excluding hydrogens is 227 g/mol. The van der Waals surface area contributed by atoms with Crippen LogP contribution >= 0.6 is 0 Å². The number of ketones is 1. The second-order valence-corrected chi connectivity index (χ2v) is 5.07. The lowest BCUT2D eigenvalue weighted by Crippen LogP contribution is -2.02. The Morgan fingerprint density at radius 3 is 2.81 bits per heavy atom. The number of Topliss-reactive ketones (excluding diaryl/α,β-unsaturated/α-hetero) is 1. The fraction of sp³-hybridized carbons (Fsp3) is 0.417. The standard InChI is InChI=1S/C12H15FO2S/c1-2-11(14)6-4-8-16(15)12-7-3-5-10(13)9-12/h3,5,7,9H,2,4,6,8H2,1H3. The van der Waals surface area contributed by atoms with Crippen LogP contribution in [0.3, 0.4) is 0 Å². The van der Waals surface area contributed by atoms with Gasteiger partial charge in [0.1, 0.15) is 11.6 Å². The molecule has 0 fully saturated rings. The molecule has 0 saturated heterocycles. The topological polar surface area (TPSA) is 34.1 Å². The van der Waals surface area contributed by atoms with Gasteiger partial charge in [-0.1, -0.05) is 13.0 Å². The highest BCUT2D eigenvalue weighted by Gasteiger charge is 2.06. The van der Waals surface area contributed by atoms with Gasteiger partial charge < -0.3 is 0 Å². The van der Waals surface area contributed by atoms with Crippen molar-refractivity contribution < 1.29 is 13.4 Å². The Hall–Kier alpha value is -1.03. The van der Waals surface area contributed by atoms with Gasteiger partial charge in [-0.05, 0) is 24.6 Å². The monoisotopic (exact) mass is 242 g/mol. The van der Waals surface area contributed by atoms with Gasteiger partial charge >= 0.3 is 0 Å². The van der Waals surface area contributed by atoms with Crippen molar-refractivity contribution in [3.8, 4) is 0 Å². The number of rotatable bonds is 6. The first-order valence-corrected chi connectivity index (χ1v) is 6.61. The third-order valence-corrected chi connectivity index (χ3v) is 3.68. The third kappa shape index (κ3) is 4.23. The molecule has 1 aromatic carbocycles. The highest BCUT2D eigenvalue weighted by molar-refractivity contribution is 7.85. The van der Waals surface area contributed by atoms with Crippen LogP contribution in [0.2, 0.25) is 0 Å². The quantitative estimate of drug-likeness (QED) is 0.768. The smallest absolute Gasteiger partial charge is 0.132 e. The molecule has 2 nitrogen and oxygen atoms in total. The summed E-state index contributed by atoms with van der Waals surface area (Å²) in [5.74, 6) is 0.210. The van der Waals surface area contributed by atoms with Gasteiger partial charge in [0.15, 0.2) is 0 Å². The van der Waals surface area contributed by atoms with Gasteiger partial charge in [0, 0.05) is 23.5 Å². The summed E-state index contributed by atoms with van der Waals surface area (Å²) in [7, 11) is -1.20. The van der Waals surface area contributed by atoms with E-state index in [0.29, 0.717) is 29.9 Å². The molecule has 0 amide bonds. The highest BCUT2D eigenvalue weighted by Crippen LogP contribution is 2.10. The zero-order valence-electron chi connectivity index (χ0n) is 9.24. The largest absolute Gasteiger partial charge is 0.300 e. The van der Waals surface area contributed by atoms with Crippen LogP contribution in [0.1, 0.15) is 26.2 Å². The number of hydrogen-bond donors (Lipinski definition) is 0. The Morgan fingerprint density at radius 2 is 2.19 bits per heavy atom. The Bertz CT molecular complexity index is 390. The lowest BCUT2D eigenvalue weighted by molar-refractivity contribution is -0.118. The molecule has 0 N–H and O–H groups in total. The predicted molar refractivity (Wildman–Crippen MR) is 62.2 cm³/mol. The highest BCUT2D eigenvalue weighted by atomic mass is 32.2. The lowest BCUT2D eigenvalue weighted by atomic mass is 10.2. The average Bonchev–Trinajstić information content (AvgIpc) is 2.28. The number of benzene rings is 1. The van der Waals surface area contributed by atoms with E-state index in [1.54, 1.807) is 12.1 Å². The van der Waals surface area contributed by atoms with E-state index in [2.05, 4.69) is 0 Å². The minimum absolute atomic E-state index is 0.177. The van der Waals surface area contributed by atoms with Crippen LogP contribution in [0.5, 0.6) is 0 Å². The molecule has 88 valence electrons. The van der Waals surface area contributed by atoms with Crippen LogP contribution in [-0.4, -0.2) is 15.7 Å². The van der Waals surface area contributed by atoms with E-state index in [9.17, 15) is 13.4 Å². The molecule has 0 spiro atoms. The van der Waals surface area contributed by atoms with E-state index in [1.807, 2.05) is 6.92 Å². The minimum Gasteiger partial charge on any atom is -0.300 e. The van der Waals surface area contributed by atoms with Crippen LogP contribution in [0.25, 0.3) is 0 Å². The molecule has 0 aliphatic carbocycles. The van der Waals surface area contributed by atoms with E-state index in [4.69, 9.17) is 0 Å². The van der Waals surface area contributed by atoms with E-state index in [0.717, 1.165) is 0 Å². The molecule has 1 aromatic rings. The van der Waals surface area contributed by atoms with Gasteiger partial charge in [0.05, 0.1) is 10.8 Å². The molecule has 0 saturated carbocycles. The number of carbonyl (C=O) groups excluding carboxylic acids is 1. The van der Waals surface area contributed by atoms with E-state index in [1.165, 1.54) is 12.1 Å². The van der Waals surface area contributed by atoms with Crippen molar-refractivity contribution in [2.24, 2.45) is 0 Å². The summed E-state index contributed by atoms with van der Waals surface area (Å²) >= 11 is 0. The van der Waals surface area contributed by atoms with Gasteiger partial charge in [-0.2, -0.15) is 0 Å². The van der Waals surface area contributed by atoms with Gasteiger partial charge in [0.25, 0.3) is 0 Å². The number of carbonyl (C=O) groups is 1. The maximum Gasteiger partial charge on any atom is 0.132 e. The Kier molecular flexibility index (Phi) is 5.32. The Morgan fingerprint density at radius 1 is 1.44 bits per heavy atom. The average molecular weight is 242 g/mol. The number of halogens is 1. The Balaban J connectivity index is 2.44. The molecule has 0 aromatic heterocycles. The van der Waals surface area contributed by atoms with Crippen molar-refractivity contribution in [1.29, 1.82) is 0 Å². The molecule has 1 atom stereocenters. The lowest BCUT2D eigenvalue weighted by Gasteiger charge is -2.01. The van der Waals surface area contributed by atoms with E-state index >= 15 is 0 Å². The Labute approximate surface area is 97.3 Å². The fourth-order valence-corrected chi connectivity index (χ4v) is 2.42. The van der Waals surface area contributed by atoms with Crippen LogP contribution < -0.4 is 0 Å². The van der Waals surface area contributed by atoms with Gasteiger partial charge in [-0.25, -0.2) is 4.39 Å². The zero-order valence-corrected chi connectivity index (χ0v) is 10.1. The molecule has 0 radical (unpaired) electrons. The normalized spacial score (nSPS) is 12.4. The summed E-state index contributed by atoms with van der Waals surface area (Å²) < 4.78 is 24.5. The van der Waals surface area contributed by atoms with Crippen molar-refractivity contribution in [2.75, 3.05) is 5.75 Å². The first-order valence-electron chi connectivity index (χ1n) is 5.29. The first kappa shape index (κ1) is 13.0. The zero-order chi connectivity index (χ0) is 12.0. The molecule has 4 heteroatoms. The van der Waals surface area contributed by atoms with Crippen molar-refractivity contribution >= 4 is 16.6 Å². The summed E-state index contributed by atoms with van der Waals surface area (Å²) in [6.07, 6.45) is 1.57. The molecule has 0 aliphatic rings. The van der Waals surface area contributed by atoms with Gasteiger partial charge in [-0.15, -0.1) is 0 Å². The van der Waals surface area contributed by atoms with Crippen molar-refractivity contribution in [1.82, 2.24) is 0 Å². The predicted octanol–water partition coefficient (Wildman–Crippen LogP) is 2.69. The van der Waals surface area contributed by atoms with Crippen LogP contribution in [0.4, 0.5) is 4.39 Å². The van der Waals surface area contributed by atoms with Gasteiger partial charge in [0.2, 0.25) is 0 Å². The molecule has 0 heterocycles. The molecule has 16 heavy (non-hydrogen) atoms. The molecule has 1 rings (SSSR count). The summed E-state index contributed by atoms with van der Waals surface area (Å²) in [4.78, 5) is 11.5. The van der Waals surface area contributed by atoms with Crippen molar-refractivity contribution in [3.63, 3.8) is 0 Å². The SMILES string of the molecule is CCC(=O)CCCS(=O)c1cccc(F)c1. The van der Waals surface area contributed by atoms with Crippen molar-refractivity contribution in [2.45, 2.75) is 31.1 Å². The second-order valence-electron chi connectivity index (χ2n) is 3.50. The maximum absolute atomic E-state index is 12.8. The third-order valence-electron chi connectivity index (χ3n) is 2.24. The first-order chi connectivity index (χ1) is 7.63. The van der Waals surface area contributed by atoms with Crippen molar-refractivity contribution in [3.05, 3.63) is 30.1 Å². The van der Waals surface area contributed by atoms with Crippen LogP contribution in [0, 0.1) is 5.82 Å². The second kappa shape index (κ2) is 6.53. The molecule has 0 aliphatic heterocycles. The molecular formula is C12H15FO2S. The van der Waals surface area contributed by atoms with Crippen LogP contribution in [-0.2, 0) is 15.6 Å². The molecule has 1 unspecified atom stereocenters. The summed E-state index contributed by atoms with van der Waals surface area (Å²) in [5, 5.41) is 0. The fourth-order valence-electron chi connectivity index (χ4n) is 1.30. The summed E-state index contributed by atoms with van der Waals surface area (Å²) in [6.45, 7) is 1.81. The van der Waals surface area contributed by atoms with Crippen LogP contribution in [0.15, 0.2) is 29.2 Å². The number of hydrogen-bond acceptors (Lipinski definition) is 2. The van der Waals surface area contributed by atoms with Gasteiger partial charge in [-0.3, -0.25) is 9.00 Å². The molecule has 0 bridgehead atoms. The maximum atomic E-state index is 12.8.